The third-order valence-corrected chi connectivity index (χ3v) is 7.72. The third-order valence-electron chi connectivity index (χ3n) is 7.23. The highest BCUT2D eigenvalue weighted by molar-refractivity contribution is 6.31. The number of rotatable bonds is 4. The molecule has 0 radical (unpaired) electrons. The van der Waals surface area contributed by atoms with Gasteiger partial charge in [0.05, 0.1) is 36.4 Å². The van der Waals surface area contributed by atoms with Gasteiger partial charge in [0.1, 0.15) is 11.8 Å². The normalized spacial score (nSPS) is 23.5. The van der Waals surface area contributed by atoms with Crippen molar-refractivity contribution in [3.8, 4) is 5.75 Å². The number of imide groups is 1. The molecule has 9 heteroatoms. The summed E-state index contributed by atoms with van der Waals surface area (Å²) in [6.45, 7) is 0. The summed E-state index contributed by atoms with van der Waals surface area (Å²) < 4.78 is 5.39. The van der Waals surface area contributed by atoms with Crippen molar-refractivity contribution in [3.63, 3.8) is 0 Å². The first-order valence-corrected chi connectivity index (χ1v) is 12.5. The quantitative estimate of drug-likeness (QED) is 0.469. The van der Waals surface area contributed by atoms with Crippen LogP contribution >= 0.6 is 23.2 Å². The molecule has 0 aromatic heterocycles. The van der Waals surface area contributed by atoms with Crippen molar-refractivity contribution in [2.45, 2.75) is 12.1 Å². The molecular formula is C28H21Cl2N3O4. The maximum absolute atomic E-state index is 13.9. The molecule has 3 aromatic carbocycles. The highest BCUT2D eigenvalue weighted by Gasteiger charge is 2.64. The van der Waals surface area contributed by atoms with Crippen LogP contribution in [0.15, 0.2) is 72.9 Å². The second kappa shape index (κ2) is 8.94. The number of amides is 3. The lowest BCUT2D eigenvalue weighted by atomic mass is 9.84. The zero-order chi connectivity index (χ0) is 25.8. The number of ether oxygens (including phenoxy) is 1. The molecule has 6 rings (SSSR count). The van der Waals surface area contributed by atoms with Crippen LogP contribution in [-0.2, 0) is 14.4 Å². The van der Waals surface area contributed by atoms with Crippen LogP contribution in [0.3, 0.4) is 0 Å². The molecule has 1 N–H and O–H groups in total. The van der Waals surface area contributed by atoms with E-state index in [0.717, 1.165) is 11.1 Å². The molecule has 186 valence electrons. The van der Waals surface area contributed by atoms with Gasteiger partial charge in [0.25, 0.3) is 0 Å². The number of hydrogen-bond acceptors (Lipinski definition) is 5. The maximum Gasteiger partial charge on any atom is 0.248 e. The molecule has 2 saturated heterocycles. The summed E-state index contributed by atoms with van der Waals surface area (Å²) in [6, 6.07) is 17.7. The van der Waals surface area contributed by atoms with Crippen molar-refractivity contribution in [2.24, 2.45) is 11.8 Å². The summed E-state index contributed by atoms with van der Waals surface area (Å²) in [5, 5.41) is 3.80. The number of benzene rings is 3. The minimum atomic E-state index is -0.933. The second-order valence-corrected chi connectivity index (χ2v) is 10.0. The molecule has 3 aliphatic rings. The van der Waals surface area contributed by atoms with Gasteiger partial charge < -0.3 is 15.0 Å². The number of anilines is 2. The first-order chi connectivity index (χ1) is 17.9. The summed E-state index contributed by atoms with van der Waals surface area (Å²) in [4.78, 5) is 44.6. The molecule has 4 atom stereocenters. The Morgan fingerprint density at radius 1 is 0.919 bits per heavy atom. The summed E-state index contributed by atoms with van der Waals surface area (Å²) in [5.41, 5.74) is 2.66. The van der Waals surface area contributed by atoms with Gasteiger partial charge >= 0.3 is 0 Å². The molecule has 3 heterocycles. The van der Waals surface area contributed by atoms with Crippen molar-refractivity contribution in [1.29, 1.82) is 0 Å². The van der Waals surface area contributed by atoms with E-state index in [9.17, 15) is 14.4 Å². The van der Waals surface area contributed by atoms with Gasteiger partial charge in [0.2, 0.25) is 17.7 Å². The summed E-state index contributed by atoms with van der Waals surface area (Å²) in [5.74, 6) is -2.40. The fourth-order valence-corrected chi connectivity index (χ4v) is 5.98. The minimum absolute atomic E-state index is 0.340. The Bertz CT molecular complexity index is 1470. The van der Waals surface area contributed by atoms with Crippen LogP contribution in [0, 0.1) is 11.8 Å². The summed E-state index contributed by atoms with van der Waals surface area (Å²) in [7, 11) is 1.49. The molecule has 0 spiro atoms. The van der Waals surface area contributed by atoms with Gasteiger partial charge in [-0.25, -0.2) is 4.90 Å². The average molecular weight is 534 g/mol. The second-order valence-electron chi connectivity index (χ2n) is 9.16. The maximum atomic E-state index is 13.9. The number of methoxy groups -OCH3 is 1. The Morgan fingerprint density at radius 2 is 1.62 bits per heavy atom. The van der Waals surface area contributed by atoms with Gasteiger partial charge in [0, 0.05) is 16.2 Å². The molecule has 2 fully saturated rings. The van der Waals surface area contributed by atoms with Crippen LogP contribution in [0.2, 0.25) is 10.0 Å². The molecule has 0 saturated carbocycles. The van der Waals surface area contributed by atoms with Gasteiger partial charge in [-0.2, -0.15) is 0 Å². The van der Waals surface area contributed by atoms with Crippen molar-refractivity contribution in [2.75, 3.05) is 17.3 Å². The molecule has 1 unspecified atom stereocenters. The predicted molar refractivity (Wildman–Crippen MR) is 141 cm³/mol. The lowest BCUT2D eigenvalue weighted by Crippen LogP contribution is -2.46. The molecule has 0 aliphatic carbocycles. The monoisotopic (exact) mass is 533 g/mol. The van der Waals surface area contributed by atoms with E-state index in [2.05, 4.69) is 5.32 Å². The van der Waals surface area contributed by atoms with Crippen LogP contribution in [0.5, 0.6) is 5.75 Å². The van der Waals surface area contributed by atoms with E-state index >= 15 is 0 Å². The topological polar surface area (TPSA) is 79.0 Å². The van der Waals surface area contributed by atoms with E-state index in [4.69, 9.17) is 27.9 Å². The standard InChI is InChI=1S/C28H21Cl2N3O4/c1-37-21-11-8-17(30)14-20(21)31-26(34)25-23-22(24-19-5-3-2-4-15(19)12-13-32(24)25)27(35)33(28(23)36)18-9-6-16(29)7-10-18/h2-14,22-25H,1H3,(H,31,34)/t22-,23+,24?,25-/m0/s1. The molecule has 37 heavy (non-hydrogen) atoms. The Morgan fingerprint density at radius 3 is 2.38 bits per heavy atom. The largest absolute Gasteiger partial charge is 0.495 e. The number of carbonyl (C=O) groups is 3. The first kappa shape index (κ1) is 23.6. The fraction of sp³-hybridized carbons (Fsp3) is 0.179. The van der Waals surface area contributed by atoms with E-state index in [1.165, 1.54) is 12.0 Å². The molecule has 3 amide bonds. The van der Waals surface area contributed by atoms with Crippen molar-refractivity contribution in [1.82, 2.24) is 4.90 Å². The molecule has 3 aromatic rings. The SMILES string of the molecule is COc1ccc(Cl)cc1NC(=O)[C@@H]1[C@@H]2C(=O)N(c3ccc(Cl)cc3)C(=O)[C@@H]2C2c3ccccc3C=CN21. The number of halogens is 2. The van der Waals surface area contributed by atoms with Gasteiger partial charge in [-0.15, -0.1) is 0 Å². The van der Waals surface area contributed by atoms with Crippen LogP contribution < -0.4 is 15.0 Å². The first-order valence-electron chi connectivity index (χ1n) is 11.7. The van der Waals surface area contributed by atoms with Crippen LogP contribution in [-0.4, -0.2) is 35.8 Å². The highest BCUT2D eigenvalue weighted by atomic mass is 35.5. The zero-order valence-corrected chi connectivity index (χ0v) is 21.1. The number of hydrogen-bond donors (Lipinski definition) is 1. The van der Waals surface area contributed by atoms with E-state index < -0.39 is 35.7 Å². The summed E-state index contributed by atoms with van der Waals surface area (Å²) in [6.07, 6.45) is 3.71. The Balaban J connectivity index is 1.44. The Labute approximate surface area is 223 Å². The van der Waals surface area contributed by atoms with Gasteiger partial charge in [-0.05, 0) is 59.7 Å². The van der Waals surface area contributed by atoms with E-state index in [-0.39, 0.29) is 5.91 Å². The Kier molecular flexibility index (Phi) is 5.70. The van der Waals surface area contributed by atoms with Crippen molar-refractivity contribution in [3.05, 3.63) is 94.1 Å². The van der Waals surface area contributed by atoms with Crippen LogP contribution in [0.1, 0.15) is 17.2 Å². The zero-order valence-electron chi connectivity index (χ0n) is 19.6. The molecule has 3 aliphatic heterocycles. The van der Waals surface area contributed by atoms with Gasteiger partial charge in [-0.3, -0.25) is 14.4 Å². The predicted octanol–water partition coefficient (Wildman–Crippen LogP) is 5.16. The lowest BCUT2D eigenvalue weighted by molar-refractivity contribution is -0.128. The fourth-order valence-electron chi connectivity index (χ4n) is 5.69. The third kappa shape index (κ3) is 3.69. The Hall–Kier alpha value is -3.81. The lowest BCUT2D eigenvalue weighted by Gasteiger charge is -2.35. The van der Waals surface area contributed by atoms with E-state index in [0.29, 0.717) is 27.2 Å². The van der Waals surface area contributed by atoms with Crippen molar-refractivity contribution >= 4 is 58.4 Å². The van der Waals surface area contributed by atoms with Gasteiger partial charge in [-0.1, -0.05) is 47.5 Å². The number of nitrogens with zero attached hydrogens (tertiary/aromatic N) is 2. The van der Waals surface area contributed by atoms with Gasteiger partial charge in [0.15, 0.2) is 0 Å². The molecule has 7 nitrogen and oxygen atoms in total. The van der Waals surface area contributed by atoms with Crippen LogP contribution in [0.4, 0.5) is 11.4 Å². The average Bonchev–Trinajstić information content (AvgIpc) is 3.37. The van der Waals surface area contributed by atoms with Crippen molar-refractivity contribution < 1.29 is 19.1 Å². The number of fused-ring (bicyclic) bond motifs is 5. The highest BCUT2D eigenvalue weighted by Crippen LogP contribution is 2.53. The van der Waals surface area contributed by atoms with E-state index in [1.54, 1.807) is 48.7 Å². The number of nitrogens with one attached hydrogen (secondary N) is 1. The molecule has 0 bridgehead atoms. The minimum Gasteiger partial charge on any atom is -0.495 e. The van der Waals surface area contributed by atoms with Crippen LogP contribution in [0.25, 0.3) is 6.08 Å². The smallest absolute Gasteiger partial charge is 0.248 e. The number of carbonyl (C=O) groups excluding carboxylic acids is 3. The molecular weight excluding hydrogens is 513 g/mol. The van der Waals surface area contributed by atoms with E-state index in [1.807, 2.05) is 35.2 Å². The summed E-state index contributed by atoms with van der Waals surface area (Å²) >= 11 is 12.2.